The average molecular weight is 276 g/mol. The third kappa shape index (κ3) is 3.82. The van der Waals surface area contributed by atoms with Crippen LogP contribution in [0, 0.1) is 0 Å². The molecule has 0 unspecified atom stereocenters. The molecule has 0 aliphatic carbocycles. The van der Waals surface area contributed by atoms with Gasteiger partial charge in [-0.1, -0.05) is 40.7 Å². The Balaban J connectivity index is 2.39. The summed E-state index contributed by atoms with van der Waals surface area (Å²) in [5.41, 5.74) is 2.04. The summed E-state index contributed by atoms with van der Waals surface area (Å²) in [6, 6.07) is 7.98. The first-order valence-corrected chi connectivity index (χ1v) is 5.60. The summed E-state index contributed by atoms with van der Waals surface area (Å²) < 4.78 is 6.51. The highest BCUT2D eigenvalue weighted by Gasteiger charge is 1.98. The number of ether oxygens (including phenoxy) is 1. The van der Waals surface area contributed by atoms with Crippen LogP contribution >= 0.6 is 27.5 Å². The predicted octanol–water partition coefficient (Wildman–Crippen LogP) is 3.76. The maximum atomic E-state index is 5.58. The van der Waals surface area contributed by atoms with Gasteiger partial charge >= 0.3 is 0 Å². The summed E-state index contributed by atoms with van der Waals surface area (Å²) in [5.74, 6) is 0.454. The van der Waals surface area contributed by atoms with E-state index in [1.54, 1.807) is 0 Å². The lowest BCUT2D eigenvalue weighted by atomic mass is 10.2. The van der Waals surface area contributed by atoms with Gasteiger partial charge < -0.3 is 4.74 Å². The zero-order chi connectivity index (χ0) is 10.4. The summed E-state index contributed by atoms with van der Waals surface area (Å²) in [6.45, 7) is 4.86. The minimum atomic E-state index is 0.454. The number of hydrogen-bond acceptors (Lipinski definition) is 1. The van der Waals surface area contributed by atoms with Gasteiger partial charge in [0.1, 0.15) is 0 Å². The van der Waals surface area contributed by atoms with Gasteiger partial charge in [-0.2, -0.15) is 0 Å². The van der Waals surface area contributed by atoms with Crippen LogP contribution in [-0.4, -0.2) is 12.5 Å². The zero-order valence-electron chi connectivity index (χ0n) is 7.80. The van der Waals surface area contributed by atoms with Gasteiger partial charge in [-0.25, -0.2) is 0 Å². The van der Waals surface area contributed by atoms with Crippen molar-refractivity contribution in [1.82, 2.24) is 0 Å². The molecule has 0 amide bonds. The molecule has 1 aromatic carbocycles. The van der Waals surface area contributed by atoms with E-state index in [1.165, 1.54) is 0 Å². The molecule has 0 N–H and O–H groups in total. The van der Waals surface area contributed by atoms with Gasteiger partial charge in [-0.15, -0.1) is 11.6 Å². The lowest BCUT2D eigenvalue weighted by Crippen LogP contribution is -1.99. The Morgan fingerprint density at radius 3 is 2.79 bits per heavy atom. The third-order valence-electron chi connectivity index (χ3n) is 1.71. The van der Waals surface area contributed by atoms with Gasteiger partial charge in [-0.05, 0) is 17.2 Å². The van der Waals surface area contributed by atoms with Gasteiger partial charge in [0.25, 0.3) is 0 Å². The fourth-order valence-electron chi connectivity index (χ4n) is 0.959. The highest BCUT2D eigenvalue weighted by atomic mass is 79.9. The Morgan fingerprint density at radius 2 is 2.14 bits per heavy atom. The second-order valence-electron chi connectivity index (χ2n) is 2.97. The van der Waals surface area contributed by atoms with E-state index in [9.17, 15) is 0 Å². The summed E-state index contributed by atoms with van der Waals surface area (Å²) >= 11 is 9.03. The molecule has 1 rings (SSSR count). The van der Waals surface area contributed by atoms with Crippen molar-refractivity contribution in [2.75, 3.05) is 12.5 Å². The maximum Gasteiger partial charge on any atom is 0.0732 e. The van der Waals surface area contributed by atoms with Crippen molar-refractivity contribution >= 4 is 27.5 Å². The van der Waals surface area contributed by atoms with Crippen molar-refractivity contribution in [3.63, 3.8) is 0 Å². The summed E-state index contributed by atoms with van der Waals surface area (Å²) in [6.07, 6.45) is 0. The van der Waals surface area contributed by atoms with E-state index >= 15 is 0 Å². The number of benzene rings is 1. The van der Waals surface area contributed by atoms with Crippen molar-refractivity contribution in [3.8, 4) is 0 Å². The molecular formula is C11H12BrClO. The van der Waals surface area contributed by atoms with Crippen LogP contribution in [0.4, 0.5) is 0 Å². The van der Waals surface area contributed by atoms with E-state index in [0.717, 1.165) is 15.6 Å². The van der Waals surface area contributed by atoms with Crippen LogP contribution in [0.3, 0.4) is 0 Å². The first kappa shape index (κ1) is 11.8. The molecule has 0 aliphatic rings. The molecule has 0 atom stereocenters. The molecule has 0 spiro atoms. The first-order chi connectivity index (χ1) is 6.74. The van der Waals surface area contributed by atoms with Crippen LogP contribution in [0.1, 0.15) is 5.56 Å². The molecule has 1 aromatic rings. The molecule has 3 heteroatoms. The normalized spacial score (nSPS) is 10.1. The second kappa shape index (κ2) is 6.23. The first-order valence-electron chi connectivity index (χ1n) is 4.28. The largest absolute Gasteiger partial charge is 0.372 e. The number of hydrogen-bond donors (Lipinski definition) is 0. The van der Waals surface area contributed by atoms with Crippen molar-refractivity contribution in [3.05, 3.63) is 46.5 Å². The van der Waals surface area contributed by atoms with Crippen LogP contribution in [0.25, 0.3) is 0 Å². The van der Waals surface area contributed by atoms with Crippen molar-refractivity contribution < 1.29 is 4.74 Å². The molecule has 0 aromatic heterocycles. The fraction of sp³-hybridized carbons (Fsp3) is 0.273. The lowest BCUT2D eigenvalue weighted by Gasteiger charge is -2.06. The summed E-state index contributed by atoms with van der Waals surface area (Å²) in [5, 5.41) is 0. The molecule has 14 heavy (non-hydrogen) atoms. The average Bonchev–Trinajstić information content (AvgIpc) is 2.20. The third-order valence-corrected chi connectivity index (χ3v) is 2.86. The lowest BCUT2D eigenvalue weighted by molar-refractivity contribution is 0.142. The monoisotopic (exact) mass is 274 g/mol. The Morgan fingerprint density at radius 1 is 1.43 bits per heavy atom. The molecule has 0 saturated heterocycles. The van der Waals surface area contributed by atoms with Crippen molar-refractivity contribution in [1.29, 1.82) is 0 Å². The topological polar surface area (TPSA) is 9.23 Å². The van der Waals surface area contributed by atoms with E-state index in [0.29, 0.717) is 19.1 Å². The Hall–Kier alpha value is -0.310. The molecule has 0 aliphatic heterocycles. The fourth-order valence-corrected chi connectivity index (χ4v) is 1.44. The standard InChI is InChI=1S/C11H12BrClO/c1-9(6-13)7-14-8-10-4-2-3-5-11(10)12/h2-5H,1,6-8H2. The van der Waals surface area contributed by atoms with E-state index in [2.05, 4.69) is 22.5 Å². The molecule has 76 valence electrons. The van der Waals surface area contributed by atoms with Gasteiger partial charge in [0, 0.05) is 10.4 Å². The highest BCUT2D eigenvalue weighted by Crippen LogP contribution is 2.16. The van der Waals surface area contributed by atoms with Crippen molar-refractivity contribution in [2.24, 2.45) is 0 Å². The van der Waals surface area contributed by atoms with Crippen LogP contribution in [0.5, 0.6) is 0 Å². The van der Waals surface area contributed by atoms with Crippen molar-refractivity contribution in [2.45, 2.75) is 6.61 Å². The number of halogens is 2. The Labute approximate surface area is 97.9 Å². The molecule has 0 heterocycles. The molecule has 1 nitrogen and oxygen atoms in total. The van der Waals surface area contributed by atoms with E-state index in [-0.39, 0.29) is 0 Å². The minimum Gasteiger partial charge on any atom is -0.372 e. The summed E-state index contributed by atoms with van der Waals surface area (Å²) in [4.78, 5) is 0. The smallest absolute Gasteiger partial charge is 0.0732 e. The zero-order valence-corrected chi connectivity index (χ0v) is 10.1. The van der Waals surface area contributed by atoms with Crippen LogP contribution in [-0.2, 0) is 11.3 Å². The molecule has 0 fully saturated rings. The van der Waals surface area contributed by atoms with E-state index in [1.807, 2.05) is 24.3 Å². The van der Waals surface area contributed by atoms with E-state index in [4.69, 9.17) is 16.3 Å². The Kier molecular flexibility index (Phi) is 5.23. The summed E-state index contributed by atoms with van der Waals surface area (Å²) in [7, 11) is 0. The van der Waals surface area contributed by atoms with Crippen LogP contribution in [0.2, 0.25) is 0 Å². The van der Waals surface area contributed by atoms with Gasteiger partial charge in [-0.3, -0.25) is 0 Å². The quantitative estimate of drug-likeness (QED) is 0.587. The highest BCUT2D eigenvalue weighted by molar-refractivity contribution is 9.10. The van der Waals surface area contributed by atoms with Gasteiger partial charge in [0.2, 0.25) is 0 Å². The van der Waals surface area contributed by atoms with Gasteiger partial charge in [0.15, 0.2) is 0 Å². The molecule has 0 saturated carbocycles. The molecular weight excluding hydrogens is 263 g/mol. The Bertz CT molecular complexity index is 312. The van der Waals surface area contributed by atoms with Crippen LogP contribution < -0.4 is 0 Å². The van der Waals surface area contributed by atoms with Crippen LogP contribution in [0.15, 0.2) is 40.9 Å². The second-order valence-corrected chi connectivity index (χ2v) is 4.09. The van der Waals surface area contributed by atoms with Gasteiger partial charge in [0.05, 0.1) is 13.2 Å². The minimum absolute atomic E-state index is 0.454. The molecule has 0 bridgehead atoms. The SMILES string of the molecule is C=C(CCl)COCc1ccccc1Br. The number of alkyl halides is 1. The maximum absolute atomic E-state index is 5.58. The number of rotatable bonds is 5. The van der Waals surface area contributed by atoms with E-state index < -0.39 is 0 Å². The predicted molar refractivity (Wildman–Crippen MR) is 63.7 cm³/mol. The molecule has 0 radical (unpaired) electrons.